The standard InChI is InChI=1S/C24H26N4O.C6H14O6S2/c1-18-7-5-6-10-20(18)16-28-22-11-13-26(15-19-8-3-2-4-9-19)17-21(22)23(29)27-14-12-25-24(27)28;1-13(7,8)11-5-3-4-6-12-14(2,9)10/h2-10H,11-17H2,1H3;3-6H2,1-2H3. The number of guanidine groups is 1. The van der Waals surface area contributed by atoms with Gasteiger partial charge >= 0.3 is 0 Å². The fraction of sp³-hybridized carbons (Fsp3) is 0.467. The van der Waals surface area contributed by atoms with Crippen LogP contribution in [0.2, 0.25) is 0 Å². The van der Waals surface area contributed by atoms with Gasteiger partial charge in [-0.2, -0.15) is 16.8 Å². The Morgan fingerprint density at radius 2 is 1.47 bits per heavy atom. The number of benzene rings is 2. The Hall–Kier alpha value is -3.10. The van der Waals surface area contributed by atoms with Gasteiger partial charge in [0, 0.05) is 38.3 Å². The smallest absolute Gasteiger partial charge is 0.264 e. The third kappa shape index (κ3) is 9.70. The maximum absolute atomic E-state index is 13.2. The van der Waals surface area contributed by atoms with Crippen molar-refractivity contribution in [1.29, 1.82) is 0 Å². The highest BCUT2D eigenvalue weighted by Gasteiger charge is 2.41. The molecular formula is C30H40N4O7S2. The zero-order valence-electron chi connectivity index (χ0n) is 24.9. The molecule has 3 heterocycles. The lowest BCUT2D eigenvalue weighted by molar-refractivity contribution is -0.124. The molecule has 0 bridgehead atoms. The maximum atomic E-state index is 13.2. The molecule has 0 fully saturated rings. The molecule has 13 heteroatoms. The van der Waals surface area contributed by atoms with Crippen molar-refractivity contribution in [3.8, 4) is 0 Å². The minimum atomic E-state index is -3.40. The van der Waals surface area contributed by atoms with E-state index in [9.17, 15) is 21.6 Å². The summed E-state index contributed by atoms with van der Waals surface area (Å²) in [6.07, 6.45) is 3.66. The number of aryl methyl sites for hydroxylation is 1. The van der Waals surface area contributed by atoms with Gasteiger partial charge < -0.3 is 4.90 Å². The largest absolute Gasteiger partial charge is 0.311 e. The monoisotopic (exact) mass is 632 g/mol. The fourth-order valence-electron chi connectivity index (χ4n) is 5.17. The van der Waals surface area contributed by atoms with Crippen molar-refractivity contribution in [2.24, 2.45) is 4.99 Å². The van der Waals surface area contributed by atoms with E-state index >= 15 is 0 Å². The number of carbonyl (C=O) groups excluding carboxylic acids is 1. The van der Waals surface area contributed by atoms with E-state index in [4.69, 9.17) is 4.99 Å². The highest BCUT2D eigenvalue weighted by molar-refractivity contribution is 7.86. The molecule has 0 aromatic heterocycles. The molecule has 0 radical (unpaired) electrons. The van der Waals surface area contributed by atoms with Crippen LogP contribution < -0.4 is 0 Å². The van der Waals surface area contributed by atoms with Crippen LogP contribution in [-0.2, 0) is 46.5 Å². The average molecular weight is 633 g/mol. The first-order valence-corrected chi connectivity index (χ1v) is 17.9. The molecule has 43 heavy (non-hydrogen) atoms. The molecule has 0 atom stereocenters. The van der Waals surface area contributed by atoms with Crippen molar-refractivity contribution in [2.75, 3.05) is 51.9 Å². The quantitative estimate of drug-likeness (QED) is 0.272. The summed E-state index contributed by atoms with van der Waals surface area (Å²) < 4.78 is 50.8. The molecule has 0 aliphatic carbocycles. The second-order valence-corrected chi connectivity index (χ2v) is 14.1. The number of rotatable bonds is 11. The van der Waals surface area contributed by atoms with Crippen LogP contribution in [0.15, 0.2) is 70.9 Å². The third-order valence-electron chi connectivity index (χ3n) is 7.26. The molecule has 11 nitrogen and oxygen atoms in total. The molecule has 0 spiro atoms. The van der Waals surface area contributed by atoms with Gasteiger partial charge in [0.05, 0.1) is 44.4 Å². The number of carbonyl (C=O) groups is 1. The maximum Gasteiger partial charge on any atom is 0.264 e. The van der Waals surface area contributed by atoms with Crippen LogP contribution >= 0.6 is 0 Å². The molecule has 2 aromatic rings. The van der Waals surface area contributed by atoms with Crippen molar-refractivity contribution in [1.82, 2.24) is 14.7 Å². The average Bonchev–Trinajstić information content (AvgIpc) is 3.44. The van der Waals surface area contributed by atoms with Gasteiger partial charge in [0.15, 0.2) is 0 Å². The van der Waals surface area contributed by atoms with E-state index in [0.717, 1.165) is 50.1 Å². The van der Waals surface area contributed by atoms with Gasteiger partial charge in [-0.15, -0.1) is 0 Å². The summed E-state index contributed by atoms with van der Waals surface area (Å²) in [5.41, 5.74) is 5.97. The van der Waals surface area contributed by atoms with Crippen LogP contribution in [0.5, 0.6) is 0 Å². The number of hydrogen-bond acceptors (Lipinski definition) is 10. The highest BCUT2D eigenvalue weighted by Crippen LogP contribution is 2.32. The van der Waals surface area contributed by atoms with Crippen molar-refractivity contribution in [3.63, 3.8) is 0 Å². The van der Waals surface area contributed by atoms with Crippen molar-refractivity contribution < 1.29 is 30.0 Å². The fourth-order valence-corrected chi connectivity index (χ4v) is 6.01. The number of amides is 1. The number of unbranched alkanes of at least 4 members (excludes halogenated alkanes) is 1. The third-order valence-corrected chi connectivity index (χ3v) is 8.45. The number of aliphatic imine (C=N–C) groups is 1. The molecule has 3 aliphatic heterocycles. The normalized spacial score (nSPS) is 17.3. The zero-order chi connectivity index (χ0) is 31.0. The van der Waals surface area contributed by atoms with Crippen LogP contribution in [0.1, 0.15) is 36.0 Å². The van der Waals surface area contributed by atoms with E-state index in [-0.39, 0.29) is 19.1 Å². The first-order valence-electron chi connectivity index (χ1n) is 14.3. The Labute approximate surface area is 255 Å². The van der Waals surface area contributed by atoms with Gasteiger partial charge in [0.1, 0.15) is 0 Å². The summed E-state index contributed by atoms with van der Waals surface area (Å²) >= 11 is 0. The number of fused-ring (bicyclic) bond motifs is 1. The molecule has 234 valence electrons. The molecule has 0 saturated heterocycles. The highest BCUT2D eigenvalue weighted by atomic mass is 32.2. The second kappa shape index (κ2) is 14.6. The SMILES string of the molecule is CS(=O)(=O)OCCCCOS(C)(=O)=O.Cc1ccccc1CN1C2=NCCN2C(=O)C2=C1CCN(Cc1ccccc1)C2. The van der Waals surface area contributed by atoms with Gasteiger partial charge in [-0.05, 0) is 36.5 Å². The van der Waals surface area contributed by atoms with Crippen molar-refractivity contribution >= 4 is 32.1 Å². The predicted octanol–water partition coefficient (Wildman–Crippen LogP) is 2.89. The van der Waals surface area contributed by atoms with Crippen LogP contribution in [0.4, 0.5) is 0 Å². The predicted molar refractivity (Wildman–Crippen MR) is 165 cm³/mol. The molecule has 0 saturated carbocycles. The van der Waals surface area contributed by atoms with Crippen molar-refractivity contribution in [3.05, 3.63) is 82.6 Å². The van der Waals surface area contributed by atoms with Crippen LogP contribution in [0, 0.1) is 6.92 Å². The Morgan fingerprint density at radius 1 is 0.837 bits per heavy atom. The summed E-state index contributed by atoms with van der Waals surface area (Å²) in [6, 6.07) is 19.0. The van der Waals surface area contributed by atoms with Crippen LogP contribution in [0.25, 0.3) is 0 Å². The topological polar surface area (TPSA) is 126 Å². The Balaban J connectivity index is 0.000000258. The van der Waals surface area contributed by atoms with E-state index in [1.54, 1.807) is 0 Å². The molecular weight excluding hydrogens is 592 g/mol. The van der Waals surface area contributed by atoms with Crippen LogP contribution in [0.3, 0.4) is 0 Å². The summed E-state index contributed by atoms with van der Waals surface area (Å²) in [5, 5.41) is 0. The summed E-state index contributed by atoms with van der Waals surface area (Å²) in [4.78, 5) is 24.5. The van der Waals surface area contributed by atoms with Crippen LogP contribution in [-0.4, -0.2) is 95.3 Å². The molecule has 5 rings (SSSR count). The Bertz CT molecular complexity index is 1520. The summed E-state index contributed by atoms with van der Waals surface area (Å²) in [7, 11) is -6.80. The molecule has 3 aliphatic rings. The van der Waals surface area contributed by atoms with E-state index < -0.39 is 20.2 Å². The van der Waals surface area contributed by atoms with E-state index in [0.29, 0.717) is 32.5 Å². The van der Waals surface area contributed by atoms with E-state index in [1.165, 1.54) is 22.4 Å². The first kappa shape index (κ1) is 32.8. The van der Waals surface area contributed by atoms with Gasteiger partial charge in [-0.1, -0.05) is 54.6 Å². The first-order chi connectivity index (χ1) is 20.4. The Kier molecular flexibility index (Phi) is 11.1. The van der Waals surface area contributed by atoms with Gasteiger partial charge in [0.25, 0.3) is 26.1 Å². The molecule has 0 N–H and O–H groups in total. The van der Waals surface area contributed by atoms with E-state index in [1.807, 2.05) is 11.0 Å². The minimum Gasteiger partial charge on any atom is -0.311 e. The lowest BCUT2D eigenvalue weighted by Crippen LogP contribution is -2.53. The molecule has 0 unspecified atom stereocenters. The summed E-state index contributed by atoms with van der Waals surface area (Å²) in [6.45, 7) is 6.94. The van der Waals surface area contributed by atoms with Gasteiger partial charge in [-0.3, -0.25) is 28.0 Å². The zero-order valence-corrected chi connectivity index (χ0v) is 26.6. The molecule has 1 amide bonds. The number of nitrogens with zero attached hydrogens (tertiary/aromatic N) is 4. The minimum absolute atomic E-state index is 0.0476. The van der Waals surface area contributed by atoms with Gasteiger partial charge in [-0.25, -0.2) is 0 Å². The van der Waals surface area contributed by atoms with Gasteiger partial charge in [0.2, 0.25) is 5.96 Å². The lowest BCUT2D eigenvalue weighted by Gasteiger charge is -2.42. The summed E-state index contributed by atoms with van der Waals surface area (Å²) in [5.74, 6) is 0.989. The Morgan fingerprint density at radius 3 is 2.09 bits per heavy atom. The van der Waals surface area contributed by atoms with E-state index in [2.05, 4.69) is 73.6 Å². The second-order valence-electron chi connectivity index (χ2n) is 10.8. The van der Waals surface area contributed by atoms with Crippen molar-refractivity contribution in [2.45, 2.75) is 39.3 Å². The lowest BCUT2D eigenvalue weighted by atomic mass is 9.99. The number of hydrogen-bond donors (Lipinski definition) is 0. The molecule has 2 aromatic carbocycles.